The summed E-state index contributed by atoms with van der Waals surface area (Å²) in [4.78, 5) is 2.53. The van der Waals surface area contributed by atoms with Crippen LogP contribution in [0.1, 0.15) is 49.8 Å². The van der Waals surface area contributed by atoms with Crippen LogP contribution in [0.15, 0.2) is 24.3 Å². The smallest absolute Gasteiger partial charge is 0.0947 e. The highest BCUT2D eigenvalue weighted by Gasteiger charge is 2.34. The maximum Gasteiger partial charge on any atom is 0.0947 e. The number of aliphatic hydroxyl groups excluding tert-OH is 1. The molecule has 3 unspecified atom stereocenters. The minimum atomic E-state index is -0.302. The number of aryl methyl sites for hydroxylation is 1. The second-order valence-electron chi connectivity index (χ2n) is 5.83. The van der Waals surface area contributed by atoms with Gasteiger partial charge in [-0.1, -0.05) is 24.3 Å². The molecule has 98 valence electrons. The molecule has 3 atom stereocenters. The van der Waals surface area contributed by atoms with Crippen molar-refractivity contribution in [2.45, 2.75) is 57.2 Å². The quantitative estimate of drug-likeness (QED) is 0.769. The largest absolute Gasteiger partial charge is 0.387 e. The van der Waals surface area contributed by atoms with E-state index in [1.54, 1.807) is 0 Å². The Hall–Kier alpha value is -0.860. The normalized spacial score (nSPS) is 33.1. The SMILES string of the molecule is CC1CCCN1C1CCCc2ccccc2C1O. The fourth-order valence-corrected chi connectivity index (χ4v) is 3.71. The second kappa shape index (κ2) is 5.02. The molecule has 0 bridgehead atoms. The van der Waals surface area contributed by atoms with Crippen LogP contribution in [0.2, 0.25) is 0 Å². The molecular formula is C16H23NO. The van der Waals surface area contributed by atoms with Gasteiger partial charge in [-0.3, -0.25) is 4.90 Å². The van der Waals surface area contributed by atoms with Crippen molar-refractivity contribution in [3.8, 4) is 0 Å². The van der Waals surface area contributed by atoms with Crippen LogP contribution in [-0.4, -0.2) is 28.6 Å². The minimum Gasteiger partial charge on any atom is -0.387 e. The summed E-state index contributed by atoms with van der Waals surface area (Å²) in [6.45, 7) is 3.46. The predicted molar refractivity (Wildman–Crippen MR) is 73.5 cm³/mol. The summed E-state index contributed by atoms with van der Waals surface area (Å²) < 4.78 is 0. The van der Waals surface area contributed by atoms with Crippen LogP contribution in [0.4, 0.5) is 0 Å². The molecule has 0 amide bonds. The molecule has 18 heavy (non-hydrogen) atoms. The molecule has 3 rings (SSSR count). The summed E-state index contributed by atoms with van der Waals surface area (Å²) in [5, 5.41) is 10.7. The minimum absolute atomic E-state index is 0.302. The first-order valence-electron chi connectivity index (χ1n) is 7.29. The first kappa shape index (κ1) is 12.2. The molecule has 1 aromatic carbocycles. The van der Waals surface area contributed by atoms with E-state index in [0.717, 1.165) is 19.4 Å². The second-order valence-corrected chi connectivity index (χ2v) is 5.83. The molecule has 1 fully saturated rings. The van der Waals surface area contributed by atoms with E-state index in [-0.39, 0.29) is 6.10 Å². The molecule has 0 radical (unpaired) electrons. The van der Waals surface area contributed by atoms with Gasteiger partial charge in [0.1, 0.15) is 0 Å². The van der Waals surface area contributed by atoms with Crippen LogP contribution in [0, 0.1) is 0 Å². The van der Waals surface area contributed by atoms with Crippen LogP contribution in [0.25, 0.3) is 0 Å². The van der Waals surface area contributed by atoms with Crippen LogP contribution in [-0.2, 0) is 6.42 Å². The summed E-state index contributed by atoms with van der Waals surface area (Å²) in [6, 6.07) is 9.39. The maximum atomic E-state index is 10.7. The van der Waals surface area contributed by atoms with Crippen LogP contribution >= 0.6 is 0 Å². The molecule has 1 N–H and O–H groups in total. The van der Waals surface area contributed by atoms with Crippen molar-refractivity contribution in [2.24, 2.45) is 0 Å². The Morgan fingerprint density at radius 1 is 1.17 bits per heavy atom. The molecule has 1 saturated heterocycles. The number of fused-ring (bicyclic) bond motifs is 1. The highest BCUT2D eigenvalue weighted by molar-refractivity contribution is 5.31. The predicted octanol–water partition coefficient (Wildman–Crippen LogP) is 2.91. The molecule has 0 spiro atoms. The Morgan fingerprint density at radius 2 is 2.00 bits per heavy atom. The summed E-state index contributed by atoms with van der Waals surface area (Å²) >= 11 is 0. The van der Waals surface area contributed by atoms with E-state index in [4.69, 9.17) is 0 Å². The Kier molecular flexibility index (Phi) is 3.40. The first-order valence-corrected chi connectivity index (χ1v) is 7.29. The van der Waals surface area contributed by atoms with Crippen molar-refractivity contribution in [2.75, 3.05) is 6.54 Å². The average Bonchev–Trinajstić information content (AvgIpc) is 2.73. The van der Waals surface area contributed by atoms with Crippen LogP contribution < -0.4 is 0 Å². The third-order valence-electron chi connectivity index (χ3n) is 4.71. The zero-order valence-corrected chi connectivity index (χ0v) is 11.2. The molecule has 0 aromatic heterocycles. The molecule has 1 aliphatic carbocycles. The van der Waals surface area contributed by atoms with Crippen molar-refractivity contribution in [3.63, 3.8) is 0 Å². The summed E-state index contributed by atoms with van der Waals surface area (Å²) in [5.41, 5.74) is 2.51. The number of benzene rings is 1. The number of nitrogens with zero attached hydrogens (tertiary/aromatic N) is 1. The number of hydrogen-bond acceptors (Lipinski definition) is 2. The van der Waals surface area contributed by atoms with Gasteiger partial charge in [0.15, 0.2) is 0 Å². The van der Waals surface area contributed by atoms with E-state index in [1.807, 2.05) is 0 Å². The van der Waals surface area contributed by atoms with Crippen molar-refractivity contribution in [3.05, 3.63) is 35.4 Å². The maximum absolute atomic E-state index is 10.7. The monoisotopic (exact) mass is 245 g/mol. The van der Waals surface area contributed by atoms with Crippen LogP contribution in [0.3, 0.4) is 0 Å². The van der Waals surface area contributed by atoms with Gasteiger partial charge in [0.2, 0.25) is 0 Å². The number of rotatable bonds is 1. The van der Waals surface area contributed by atoms with Gasteiger partial charge in [0.25, 0.3) is 0 Å². The zero-order valence-electron chi connectivity index (χ0n) is 11.2. The van der Waals surface area contributed by atoms with Crippen molar-refractivity contribution in [1.82, 2.24) is 4.90 Å². The topological polar surface area (TPSA) is 23.5 Å². The van der Waals surface area contributed by atoms with Gasteiger partial charge in [-0.15, -0.1) is 0 Å². The third-order valence-corrected chi connectivity index (χ3v) is 4.71. The van der Waals surface area contributed by atoms with Gasteiger partial charge in [-0.25, -0.2) is 0 Å². The Bertz CT molecular complexity index is 417. The van der Waals surface area contributed by atoms with Gasteiger partial charge in [-0.05, 0) is 56.7 Å². The first-order chi connectivity index (χ1) is 8.77. The van der Waals surface area contributed by atoms with E-state index in [9.17, 15) is 5.11 Å². The molecule has 1 aromatic rings. The Morgan fingerprint density at radius 3 is 2.78 bits per heavy atom. The van der Waals surface area contributed by atoms with Gasteiger partial charge in [0.05, 0.1) is 6.10 Å². The third kappa shape index (κ3) is 2.08. The van der Waals surface area contributed by atoms with Crippen molar-refractivity contribution < 1.29 is 5.11 Å². The lowest BCUT2D eigenvalue weighted by molar-refractivity contribution is 0.0409. The summed E-state index contributed by atoms with van der Waals surface area (Å²) in [7, 11) is 0. The number of aliphatic hydroxyl groups is 1. The Labute approximate surface area is 110 Å². The average molecular weight is 245 g/mol. The highest BCUT2D eigenvalue weighted by atomic mass is 16.3. The lowest BCUT2D eigenvalue weighted by Crippen LogP contribution is -2.41. The van der Waals surface area contributed by atoms with Crippen LogP contribution in [0.5, 0.6) is 0 Å². The number of hydrogen-bond donors (Lipinski definition) is 1. The van der Waals surface area contributed by atoms with Crippen molar-refractivity contribution in [1.29, 1.82) is 0 Å². The number of likely N-dealkylation sites (tertiary alicyclic amines) is 1. The lowest BCUT2D eigenvalue weighted by Gasteiger charge is -2.34. The van der Waals surface area contributed by atoms with Gasteiger partial charge < -0.3 is 5.11 Å². The summed E-state index contributed by atoms with van der Waals surface area (Å²) in [6.07, 6.45) is 5.70. The van der Waals surface area contributed by atoms with E-state index in [2.05, 4.69) is 36.1 Å². The fourth-order valence-electron chi connectivity index (χ4n) is 3.71. The van der Waals surface area contributed by atoms with Crippen molar-refractivity contribution >= 4 is 0 Å². The summed E-state index contributed by atoms with van der Waals surface area (Å²) in [5.74, 6) is 0. The fraction of sp³-hybridized carbons (Fsp3) is 0.625. The van der Waals surface area contributed by atoms with E-state index >= 15 is 0 Å². The van der Waals surface area contributed by atoms with E-state index in [0.29, 0.717) is 12.1 Å². The molecule has 2 heteroatoms. The lowest BCUT2D eigenvalue weighted by atomic mass is 9.97. The van der Waals surface area contributed by atoms with E-state index in [1.165, 1.54) is 30.4 Å². The van der Waals surface area contributed by atoms with Gasteiger partial charge in [0, 0.05) is 12.1 Å². The Balaban J connectivity index is 1.89. The van der Waals surface area contributed by atoms with E-state index < -0.39 is 0 Å². The molecule has 2 aliphatic rings. The zero-order chi connectivity index (χ0) is 12.5. The highest BCUT2D eigenvalue weighted by Crippen LogP contribution is 2.34. The molecule has 1 heterocycles. The molecule has 1 aliphatic heterocycles. The standard InChI is InChI=1S/C16H23NO/c1-12-6-5-11-17(12)15-10-4-8-13-7-2-3-9-14(13)16(15)18/h2-3,7,9,12,15-16,18H,4-6,8,10-11H2,1H3. The van der Waals surface area contributed by atoms with Gasteiger partial charge >= 0.3 is 0 Å². The van der Waals surface area contributed by atoms with Gasteiger partial charge in [-0.2, -0.15) is 0 Å². The molecule has 0 saturated carbocycles. The molecule has 2 nitrogen and oxygen atoms in total. The molecular weight excluding hydrogens is 222 g/mol.